The molecule has 0 fully saturated rings. The van der Waals surface area contributed by atoms with Crippen LogP contribution in [0.25, 0.3) is 0 Å². The molecule has 1 nitrogen and oxygen atoms in total. The number of hydrogen-bond acceptors (Lipinski definition) is 2. The fourth-order valence-electron chi connectivity index (χ4n) is 2.46. The van der Waals surface area contributed by atoms with E-state index in [1.807, 2.05) is 18.2 Å². The van der Waals surface area contributed by atoms with E-state index in [1.165, 1.54) is 16.0 Å². The maximum atomic E-state index is 6.10. The van der Waals surface area contributed by atoms with Crippen LogP contribution in [0.4, 0.5) is 0 Å². The Morgan fingerprint density at radius 2 is 1.81 bits per heavy atom. The Balaban J connectivity index is 2.10. The van der Waals surface area contributed by atoms with Gasteiger partial charge in [-0.1, -0.05) is 42.8 Å². The molecule has 0 amide bonds. The minimum atomic E-state index is 0.310. The lowest BCUT2D eigenvalue weighted by Crippen LogP contribution is -2.24. The third kappa shape index (κ3) is 4.50. The third-order valence-electron chi connectivity index (χ3n) is 3.73. The summed E-state index contributed by atoms with van der Waals surface area (Å²) in [6.45, 7) is 4.41. The summed E-state index contributed by atoms with van der Waals surface area (Å²) in [5.74, 6) is 0. The van der Waals surface area contributed by atoms with Crippen molar-refractivity contribution in [3.8, 4) is 0 Å². The van der Waals surface area contributed by atoms with Crippen LogP contribution in [0.15, 0.2) is 53.4 Å². The van der Waals surface area contributed by atoms with Crippen LogP contribution in [-0.2, 0) is 0 Å². The van der Waals surface area contributed by atoms with E-state index < -0.39 is 0 Å². The standard InChI is InChI=1S/C18H22ClNS/c1-4-18(15-6-5-7-16(19)12-15)20-13(2)14-8-10-17(21-3)11-9-14/h5-13,18,20H,4H2,1-3H3. The molecule has 0 aliphatic rings. The van der Waals surface area contributed by atoms with Gasteiger partial charge in [0.05, 0.1) is 0 Å². The summed E-state index contributed by atoms with van der Waals surface area (Å²) >= 11 is 7.87. The van der Waals surface area contributed by atoms with Crippen LogP contribution in [0, 0.1) is 0 Å². The van der Waals surface area contributed by atoms with Crippen molar-refractivity contribution in [2.24, 2.45) is 0 Å². The molecule has 2 atom stereocenters. The van der Waals surface area contributed by atoms with Gasteiger partial charge in [0.2, 0.25) is 0 Å². The summed E-state index contributed by atoms with van der Waals surface area (Å²) in [6.07, 6.45) is 3.14. The zero-order valence-electron chi connectivity index (χ0n) is 12.8. The molecular formula is C18H22ClNS. The molecule has 2 unspecified atom stereocenters. The van der Waals surface area contributed by atoms with E-state index in [0.717, 1.165) is 11.4 Å². The molecule has 2 rings (SSSR count). The number of benzene rings is 2. The van der Waals surface area contributed by atoms with Crippen LogP contribution in [-0.4, -0.2) is 6.26 Å². The highest BCUT2D eigenvalue weighted by Gasteiger charge is 2.14. The Labute approximate surface area is 137 Å². The Morgan fingerprint density at radius 1 is 1.10 bits per heavy atom. The molecule has 0 saturated carbocycles. The quantitative estimate of drug-likeness (QED) is 0.669. The largest absolute Gasteiger partial charge is 0.303 e. The first-order valence-corrected chi connectivity index (χ1v) is 8.89. The second kappa shape index (κ2) is 7.88. The summed E-state index contributed by atoms with van der Waals surface area (Å²) in [4.78, 5) is 1.30. The van der Waals surface area contributed by atoms with E-state index in [-0.39, 0.29) is 0 Å². The van der Waals surface area contributed by atoms with Gasteiger partial charge in [-0.25, -0.2) is 0 Å². The number of nitrogens with one attached hydrogen (secondary N) is 1. The van der Waals surface area contributed by atoms with Gasteiger partial charge in [-0.15, -0.1) is 11.8 Å². The van der Waals surface area contributed by atoms with Crippen LogP contribution in [0.3, 0.4) is 0 Å². The van der Waals surface area contributed by atoms with Crippen LogP contribution in [0.5, 0.6) is 0 Å². The molecule has 0 aliphatic carbocycles. The van der Waals surface area contributed by atoms with Crippen LogP contribution >= 0.6 is 23.4 Å². The molecule has 0 bridgehead atoms. The SMILES string of the molecule is CCC(NC(C)c1ccc(SC)cc1)c1cccc(Cl)c1. The van der Waals surface area contributed by atoms with Crippen molar-refractivity contribution in [1.82, 2.24) is 5.32 Å². The first kappa shape index (κ1) is 16.4. The third-order valence-corrected chi connectivity index (χ3v) is 4.70. The van der Waals surface area contributed by atoms with Gasteiger partial charge in [-0.2, -0.15) is 0 Å². The van der Waals surface area contributed by atoms with E-state index in [1.54, 1.807) is 11.8 Å². The maximum absolute atomic E-state index is 6.10. The molecule has 2 aromatic carbocycles. The Hall–Kier alpha value is -0.960. The first-order valence-electron chi connectivity index (χ1n) is 7.29. The van der Waals surface area contributed by atoms with Crippen molar-refractivity contribution < 1.29 is 0 Å². The molecule has 0 aromatic heterocycles. The summed E-state index contributed by atoms with van der Waals surface area (Å²) in [5, 5.41) is 4.49. The average molecular weight is 320 g/mol. The minimum absolute atomic E-state index is 0.310. The highest BCUT2D eigenvalue weighted by Crippen LogP contribution is 2.25. The van der Waals surface area contributed by atoms with Gasteiger partial charge in [0, 0.05) is 22.0 Å². The molecule has 2 aromatic rings. The molecule has 21 heavy (non-hydrogen) atoms. The second-order valence-electron chi connectivity index (χ2n) is 5.18. The number of halogens is 1. The maximum Gasteiger partial charge on any atom is 0.0409 e. The monoisotopic (exact) mass is 319 g/mol. The highest BCUT2D eigenvalue weighted by molar-refractivity contribution is 7.98. The summed E-state index contributed by atoms with van der Waals surface area (Å²) in [6, 6.07) is 17.5. The van der Waals surface area contributed by atoms with Gasteiger partial charge in [0.1, 0.15) is 0 Å². The predicted octanol–water partition coefficient (Wildman–Crippen LogP) is 5.86. The summed E-state index contributed by atoms with van der Waals surface area (Å²) in [5.41, 5.74) is 2.56. The van der Waals surface area contributed by atoms with E-state index >= 15 is 0 Å². The molecule has 1 N–H and O–H groups in total. The Bertz CT molecular complexity index is 568. The first-order chi connectivity index (χ1) is 10.1. The number of rotatable bonds is 6. The van der Waals surface area contributed by atoms with E-state index in [9.17, 15) is 0 Å². The lowest BCUT2D eigenvalue weighted by atomic mass is 10.0. The summed E-state index contributed by atoms with van der Waals surface area (Å²) in [7, 11) is 0. The van der Waals surface area contributed by atoms with Crippen molar-refractivity contribution in [1.29, 1.82) is 0 Å². The summed E-state index contributed by atoms with van der Waals surface area (Å²) < 4.78 is 0. The van der Waals surface area contributed by atoms with E-state index in [4.69, 9.17) is 11.6 Å². The predicted molar refractivity (Wildman–Crippen MR) is 94.3 cm³/mol. The lowest BCUT2D eigenvalue weighted by molar-refractivity contribution is 0.456. The van der Waals surface area contributed by atoms with Crippen LogP contribution in [0.2, 0.25) is 5.02 Å². The fourth-order valence-corrected chi connectivity index (χ4v) is 3.07. The van der Waals surface area contributed by atoms with Crippen molar-refractivity contribution in [2.75, 3.05) is 6.26 Å². The molecule has 0 radical (unpaired) electrons. The molecule has 0 aliphatic heterocycles. The van der Waals surface area contributed by atoms with E-state index in [0.29, 0.717) is 12.1 Å². The van der Waals surface area contributed by atoms with Crippen molar-refractivity contribution >= 4 is 23.4 Å². The zero-order chi connectivity index (χ0) is 15.2. The van der Waals surface area contributed by atoms with Crippen molar-refractivity contribution in [3.63, 3.8) is 0 Å². The van der Waals surface area contributed by atoms with Crippen molar-refractivity contribution in [2.45, 2.75) is 37.2 Å². The van der Waals surface area contributed by atoms with Gasteiger partial charge < -0.3 is 5.32 Å². The molecule has 0 saturated heterocycles. The minimum Gasteiger partial charge on any atom is -0.303 e. The van der Waals surface area contributed by atoms with Crippen LogP contribution < -0.4 is 5.32 Å². The van der Waals surface area contributed by atoms with Crippen LogP contribution in [0.1, 0.15) is 43.5 Å². The number of hydrogen-bond donors (Lipinski definition) is 1. The Kier molecular flexibility index (Phi) is 6.16. The fraction of sp³-hybridized carbons (Fsp3) is 0.333. The zero-order valence-corrected chi connectivity index (χ0v) is 14.3. The molecule has 3 heteroatoms. The molecule has 112 valence electrons. The number of thioether (sulfide) groups is 1. The average Bonchev–Trinajstić information content (AvgIpc) is 2.52. The van der Waals surface area contributed by atoms with Gasteiger partial charge in [-0.05, 0) is 55.0 Å². The van der Waals surface area contributed by atoms with Gasteiger partial charge >= 0.3 is 0 Å². The molecule has 0 heterocycles. The topological polar surface area (TPSA) is 12.0 Å². The highest BCUT2D eigenvalue weighted by atomic mass is 35.5. The second-order valence-corrected chi connectivity index (χ2v) is 6.49. The Morgan fingerprint density at radius 3 is 2.38 bits per heavy atom. The van der Waals surface area contributed by atoms with Gasteiger partial charge in [-0.3, -0.25) is 0 Å². The normalized spacial score (nSPS) is 13.9. The van der Waals surface area contributed by atoms with Gasteiger partial charge in [0.15, 0.2) is 0 Å². The smallest absolute Gasteiger partial charge is 0.0409 e. The van der Waals surface area contributed by atoms with Gasteiger partial charge in [0.25, 0.3) is 0 Å². The lowest BCUT2D eigenvalue weighted by Gasteiger charge is -2.23. The molecular weight excluding hydrogens is 298 g/mol. The van der Waals surface area contributed by atoms with Crippen molar-refractivity contribution in [3.05, 3.63) is 64.7 Å². The van der Waals surface area contributed by atoms with E-state index in [2.05, 4.69) is 55.8 Å². The molecule has 0 spiro atoms.